The zero-order valence-corrected chi connectivity index (χ0v) is 13.9. The number of rotatable bonds is 7. The van der Waals surface area contributed by atoms with Gasteiger partial charge in [0.05, 0.1) is 5.02 Å². The first-order chi connectivity index (χ1) is 10.7. The third-order valence-corrected chi connectivity index (χ3v) is 4.25. The molecule has 0 saturated carbocycles. The van der Waals surface area contributed by atoms with Crippen LogP contribution in [0.3, 0.4) is 0 Å². The number of nitrogens with one attached hydrogen (secondary N) is 1. The van der Waals surface area contributed by atoms with Crippen molar-refractivity contribution in [2.75, 3.05) is 12.3 Å². The fourth-order valence-electron chi connectivity index (χ4n) is 1.79. The number of thioether (sulfide) groups is 1. The van der Waals surface area contributed by atoms with Gasteiger partial charge >= 0.3 is 0 Å². The topological polar surface area (TPSA) is 38.3 Å². The minimum absolute atomic E-state index is 0.145. The number of benzene rings is 2. The van der Waals surface area contributed by atoms with Crippen LogP contribution < -0.4 is 10.1 Å². The van der Waals surface area contributed by atoms with Gasteiger partial charge in [-0.2, -0.15) is 0 Å². The molecule has 3 nitrogen and oxygen atoms in total. The molecule has 0 bridgehead atoms. The fraction of sp³-hybridized carbons (Fsp3) is 0.235. The maximum Gasteiger partial charge on any atom is 0.260 e. The lowest BCUT2D eigenvalue weighted by Gasteiger charge is -2.15. The Kier molecular flexibility index (Phi) is 6.62. The Bertz CT molecular complexity index is 607. The normalized spacial score (nSPS) is 11.7. The lowest BCUT2D eigenvalue weighted by Crippen LogP contribution is -2.37. The molecule has 1 atom stereocenters. The molecule has 22 heavy (non-hydrogen) atoms. The third kappa shape index (κ3) is 5.28. The van der Waals surface area contributed by atoms with E-state index in [1.54, 1.807) is 30.8 Å². The van der Waals surface area contributed by atoms with Gasteiger partial charge in [0.1, 0.15) is 5.75 Å². The molecule has 5 heteroatoms. The van der Waals surface area contributed by atoms with Crippen LogP contribution in [-0.4, -0.2) is 24.3 Å². The molecule has 0 fully saturated rings. The molecule has 0 aliphatic heterocycles. The zero-order chi connectivity index (χ0) is 15.8. The molecule has 0 saturated heterocycles. The van der Waals surface area contributed by atoms with Crippen molar-refractivity contribution in [2.45, 2.75) is 17.9 Å². The van der Waals surface area contributed by atoms with Gasteiger partial charge in [0.2, 0.25) is 0 Å². The molecule has 2 rings (SSSR count). The van der Waals surface area contributed by atoms with Crippen molar-refractivity contribution in [3.8, 4) is 5.75 Å². The predicted molar refractivity (Wildman–Crippen MR) is 91.7 cm³/mol. The summed E-state index contributed by atoms with van der Waals surface area (Å²) in [6.07, 6.45) is -0.582. The standard InChI is InChI=1S/C17H18ClNO2S/c1-13(21-16-10-6-5-9-15(16)18)17(20)19-11-12-22-14-7-3-2-4-8-14/h2-10,13H,11-12H2,1H3,(H,19,20). The second-order valence-electron chi connectivity index (χ2n) is 4.64. The molecule has 0 aliphatic rings. The molecule has 0 heterocycles. The van der Waals surface area contributed by atoms with Crippen LogP contribution in [0.15, 0.2) is 59.5 Å². The second-order valence-corrected chi connectivity index (χ2v) is 6.22. The highest BCUT2D eigenvalue weighted by Gasteiger charge is 2.15. The Balaban J connectivity index is 1.71. The van der Waals surface area contributed by atoms with E-state index in [1.165, 1.54) is 4.90 Å². The number of hydrogen-bond donors (Lipinski definition) is 1. The average molecular weight is 336 g/mol. The number of halogens is 1. The van der Waals surface area contributed by atoms with Crippen molar-refractivity contribution in [3.63, 3.8) is 0 Å². The van der Waals surface area contributed by atoms with E-state index in [0.29, 0.717) is 17.3 Å². The highest BCUT2D eigenvalue weighted by atomic mass is 35.5. The van der Waals surface area contributed by atoms with E-state index < -0.39 is 6.10 Å². The maximum absolute atomic E-state index is 12.0. The monoisotopic (exact) mass is 335 g/mol. The smallest absolute Gasteiger partial charge is 0.260 e. The summed E-state index contributed by atoms with van der Waals surface area (Å²) in [4.78, 5) is 13.2. The molecular formula is C17H18ClNO2S. The fourth-order valence-corrected chi connectivity index (χ4v) is 2.76. The van der Waals surface area contributed by atoms with E-state index in [0.717, 1.165) is 5.75 Å². The SMILES string of the molecule is CC(Oc1ccccc1Cl)C(=O)NCCSc1ccccc1. The summed E-state index contributed by atoms with van der Waals surface area (Å²) in [5.41, 5.74) is 0. The van der Waals surface area contributed by atoms with Gasteiger partial charge in [0.15, 0.2) is 6.10 Å². The van der Waals surface area contributed by atoms with Crippen molar-refractivity contribution in [1.29, 1.82) is 0 Å². The van der Waals surface area contributed by atoms with E-state index in [1.807, 2.05) is 30.3 Å². The van der Waals surface area contributed by atoms with Crippen molar-refractivity contribution in [1.82, 2.24) is 5.32 Å². The number of carbonyl (C=O) groups is 1. The van der Waals surface area contributed by atoms with Crippen LogP contribution in [0.4, 0.5) is 0 Å². The van der Waals surface area contributed by atoms with Crippen molar-refractivity contribution >= 4 is 29.3 Å². The molecule has 1 amide bonds. The summed E-state index contributed by atoms with van der Waals surface area (Å²) in [5.74, 6) is 1.19. The van der Waals surface area contributed by atoms with E-state index in [9.17, 15) is 4.79 Å². The van der Waals surface area contributed by atoms with Crippen LogP contribution in [0.25, 0.3) is 0 Å². The minimum Gasteiger partial charge on any atom is -0.479 e. The Hall–Kier alpha value is -1.65. The van der Waals surface area contributed by atoms with Gasteiger partial charge in [-0.05, 0) is 31.2 Å². The highest BCUT2D eigenvalue weighted by molar-refractivity contribution is 7.99. The molecule has 0 spiro atoms. The van der Waals surface area contributed by atoms with Crippen molar-refractivity contribution in [2.24, 2.45) is 0 Å². The Morgan fingerprint density at radius 3 is 2.59 bits per heavy atom. The lowest BCUT2D eigenvalue weighted by atomic mass is 10.3. The van der Waals surface area contributed by atoms with Gasteiger partial charge in [-0.15, -0.1) is 11.8 Å². The quantitative estimate of drug-likeness (QED) is 0.613. The predicted octanol–water partition coefficient (Wildman–Crippen LogP) is 4.02. The number of amides is 1. The summed E-state index contributed by atoms with van der Waals surface area (Å²) >= 11 is 7.71. The zero-order valence-electron chi connectivity index (χ0n) is 12.3. The van der Waals surface area contributed by atoms with Crippen LogP contribution in [-0.2, 0) is 4.79 Å². The summed E-state index contributed by atoms with van der Waals surface area (Å²) < 4.78 is 5.57. The molecule has 1 unspecified atom stereocenters. The molecular weight excluding hydrogens is 318 g/mol. The average Bonchev–Trinajstić information content (AvgIpc) is 2.54. The maximum atomic E-state index is 12.0. The van der Waals surface area contributed by atoms with Crippen LogP contribution >= 0.6 is 23.4 Å². The molecule has 1 N–H and O–H groups in total. The summed E-state index contributed by atoms with van der Waals surface area (Å²) in [7, 11) is 0. The Labute approximate surface area is 140 Å². The summed E-state index contributed by atoms with van der Waals surface area (Å²) in [5, 5.41) is 3.37. The number of ether oxygens (including phenoxy) is 1. The van der Waals surface area contributed by atoms with Gasteiger partial charge in [-0.25, -0.2) is 0 Å². The molecule has 0 aromatic heterocycles. The van der Waals surface area contributed by atoms with E-state index >= 15 is 0 Å². The Morgan fingerprint density at radius 1 is 1.18 bits per heavy atom. The van der Waals surface area contributed by atoms with Gasteiger partial charge in [0.25, 0.3) is 5.91 Å². The van der Waals surface area contributed by atoms with Crippen LogP contribution in [0.5, 0.6) is 5.75 Å². The third-order valence-electron chi connectivity index (χ3n) is 2.92. The minimum atomic E-state index is -0.582. The second kappa shape index (κ2) is 8.71. The molecule has 0 aliphatic carbocycles. The van der Waals surface area contributed by atoms with Crippen molar-refractivity contribution < 1.29 is 9.53 Å². The first-order valence-electron chi connectivity index (χ1n) is 7.03. The van der Waals surface area contributed by atoms with Gasteiger partial charge in [-0.3, -0.25) is 4.79 Å². The highest BCUT2D eigenvalue weighted by Crippen LogP contribution is 2.24. The number of carbonyl (C=O) groups excluding carboxylic acids is 1. The Morgan fingerprint density at radius 2 is 1.86 bits per heavy atom. The lowest BCUT2D eigenvalue weighted by molar-refractivity contribution is -0.127. The molecule has 2 aromatic carbocycles. The molecule has 2 aromatic rings. The first kappa shape index (κ1) is 16.7. The van der Waals surface area contributed by atoms with E-state index in [4.69, 9.17) is 16.3 Å². The van der Waals surface area contributed by atoms with Crippen molar-refractivity contribution in [3.05, 3.63) is 59.6 Å². The van der Waals surface area contributed by atoms with E-state index in [2.05, 4.69) is 17.4 Å². The summed E-state index contributed by atoms with van der Waals surface area (Å²) in [6.45, 7) is 2.30. The number of hydrogen-bond acceptors (Lipinski definition) is 3. The van der Waals surface area contributed by atoms with Crippen LogP contribution in [0.2, 0.25) is 5.02 Å². The largest absolute Gasteiger partial charge is 0.479 e. The molecule has 0 radical (unpaired) electrons. The van der Waals surface area contributed by atoms with Gasteiger partial charge in [0, 0.05) is 17.2 Å². The van der Waals surface area contributed by atoms with Gasteiger partial charge in [-0.1, -0.05) is 41.9 Å². The van der Waals surface area contributed by atoms with E-state index in [-0.39, 0.29) is 5.91 Å². The van der Waals surface area contributed by atoms with Gasteiger partial charge < -0.3 is 10.1 Å². The molecule has 116 valence electrons. The van der Waals surface area contributed by atoms with Crippen LogP contribution in [0, 0.1) is 0 Å². The van der Waals surface area contributed by atoms with Crippen LogP contribution in [0.1, 0.15) is 6.92 Å². The first-order valence-corrected chi connectivity index (χ1v) is 8.40. The summed E-state index contributed by atoms with van der Waals surface area (Å²) in [6, 6.07) is 17.2. The number of para-hydroxylation sites is 1.